The van der Waals surface area contributed by atoms with Crippen molar-refractivity contribution in [2.24, 2.45) is 11.3 Å². The molecule has 0 bridgehead atoms. The second kappa shape index (κ2) is 3.71. The van der Waals surface area contributed by atoms with E-state index in [0.29, 0.717) is 0 Å². The highest BCUT2D eigenvalue weighted by atomic mass is 32.2. The molecule has 3 fully saturated rings. The van der Waals surface area contributed by atoms with Crippen molar-refractivity contribution in [1.82, 2.24) is 5.32 Å². The molecule has 1 spiro atoms. The van der Waals surface area contributed by atoms with E-state index in [4.69, 9.17) is 0 Å². The second-order valence-electron chi connectivity index (χ2n) is 5.45. The SMILES string of the molecule is C1CC2(C1)CCC2NCC1CCSC1. The van der Waals surface area contributed by atoms with Crippen molar-refractivity contribution >= 4 is 11.8 Å². The molecule has 3 aliphatic rings. The Morgan fingerprint density at radius 1 is 1.21 bits per heavy atom. The summed E-state index contributed by atoms with van der Waals surface area (Å²) in [5.74, 6) is 3.80. The monoisotopic (exact) mass is 211 g/mol. The second-order valence-corrected chi connectivity index (χ2v) is 6.59. The van der Waals surface area contributed by atoms with Crippen molar-refractivity contribution in [3.63, 3.8) is 0 Å². The van der Waals surface area contributed by atoms with Gasteiger partial charge in [0.25, 0.3) is 0 Å². The maximum Gasteiger partial charge on any atom is 0.0124 e. The summed E-state index contributed by atoms with van der Waals surface area (Å²) in [7, 11) is 0. The van der Waals surface area contributed by atoms with Gasteiger partial charge >= 0.3 is 0 Å². The molecule has 0 radical (unpaired) electrons. The van der Waals surface area contributed by atoms with Crippen LogP contribution in [0, 0.1) is 11.3 Å². The summed E-state index contributed by atoms with van der Waals surface area (Å²) >= 11 is 2.14. The molecule has 0 aromatic carbocycles. The van der Waals surface area contributed by atoms with E-state index in [1.165, 1.54) is 56.6 Å². The van der Waals surface area contributed by atoms with E-state index < -0.39 is 0 Å². The third kappa shape index (κ3) is 1.51. The number of rotatable bonds is 3. The van der Waals surface area contributed by atoms with Gasteiger partial charge in [-0.25, -0.2) is 0 Å². The van der Waals surface area contributed by atoms with Crippen LogP contribution in [0.3, 0.4) is 0 Å². The summed E-state index contributed by atoms with van der Waals surface area (Å²) in [6.45, 7) is 1.30. The van der Waals surface area contributed by atoms with Gasteiger partial charge in [-0.05, 0) is 61.5 Å². The van der Waals surface area contributed by atoms with Gasteiger partial charge in [-0.15, -0.1) is 0 Å². The zero-order valence-corrected chi connectivity index (χ0v) is 9.74. The van der Waals surface area contributed by atoms with E-state index in [-0.39, 0.29) is 0 Å². The number of hydrogen-bond donors (Lipinski definition) is 1. The molecule has 1 heterocycles. The van der Waals surface area contributed by atoms with Gasteiger partial charge in [0.15, 0.2) is 0 Å². The molecule has 2 aliphatic carbocycles. The van der Waals surface area contributed by atoms with E-state index in [2.05, 4.69) is 17.1 Å². The molecule has 1 aliphatic heterocycles. The van der Waals surface area contributed by atoms with Gasteiger partial charge in [-0.1, -0.05) is 6.42 Å². The fraction of sp³-hybridized carbons (Fsp3) is 1.00. The van der Waals surface area contributed by atoms with Gasteiger partial charge in [0.2, 0.25) is 0 Å². The third-order valence-corrected chi connectivity index (χ3v) is 5.93. The highest BCUT2D eigenvalue weighted by molar-refractivity contribution is 7.99. The van der Waals surface area contributed by atoms with Crippen LogP contribution < -0.4 is 5.32 Å². The Morgan fingerprint density at radius 2 is 2.14 bits per heavy atom. The first-order valence-corrected chi connectivity index (χ1v) is 7.36. The van der Waals surface area contributed by atoms with Crippen molar-refractivity contribution in [3.05, 3.63) is 0 Å². The maximum atomic E-state index is 3.84. The minimum Gasteiger partial charge on any atom is -0.313 e. The van der Waals surface area contributed by atoms with Crippen LogP contribution in [0.4, 0.5) is 0 Å². The van der Waals surface area contributed by atoms with Crippen LogP contribution in [0.25, 0.3) is 0 Å². The Labute approximate surface area is 91.4 Å². The van der Waals surface area contributed by atoms with Crippen molar-refractivity contribution in [2.75, 3.05) is 18.1 Å². The van der Waals surface area contributed by atoms with E-state index in [0.717, 1.165) is 17.4 Å². The van der Waals surface area contributed by atoms with Crippen LogP contribution in [0.5, 0.6) is 0 Å². The normalized spacial score (nSPS) is 39.4. The van der Waals surface area contributed by atoms with Crippen LogP contribution in [0.2, 0.25) is 0 Å². The van der Waals surface area contributed by atoms with Crippen LogP contribution in [-0.4, -0.2) is 24.1 Å². The first-order chi connectivity index (χ1) is 6.89. The molecule has 14 heavy (non-hydrogen) atoms. The molecule has 2 heteroatoms. The first-order valence-electron chi connectivity index (χ1n) is 6.20. The molecular formula is C12H21NS. The Morgan fingerprint density at radius 3 is 2.64 bits per heavy atom. The van der Waals surface area contributed by atoms with E-state index in [1.807, 2.05) is 0 Å². The molecule has 3 rings (SSSR count). The molecule has 2 atom stereocenters. The fourth-order valence-electron chi connectivity index (χ4n) is 3.30. The Bertz CT molecular complexity index is 201. The molecule has 2 unspecified atom stereocenters. The molecule has 80 valence electrons. The van der Waals surface area contributed by atoms with E-state index in [9.17, 15) is 0 Å². The summed E-state index contributed by atoms with van der Waals surface area (Å²) in [6, 6.07) is 0.904. The Kier molecular flexibility index (Phi) is 2.53. The van der Waals surface area contributed by atoms with Crippen molar-refractivity contribution < 1.29 is 0 Å². The summed E-state index contributed by atoms with van der Waals surface area (Å²) in [4.78, 5) is 0. The van der Waals surface area contributed by atoms with E-state index >= 15 is 0 Å². The molecule has 0 aromatic heterocycles. The molecule has 1 nitrogen and oxygen atoms in total. The van der Waals surface area contributed by atoms with Gasteiger partial charge in [0.1, 0.15) is 0 Å². The Hall–Kier alpha value is 0.310. The lowest BCUT2D eigenvalue weighted by atomic mass is 9.53. The molecule has 0 aromatic rings. The van der Waals surface area contributed by atoms with Gasteiger partial charge in [-0.2, -0.15) is 11.8 Å². The Balaban J connectivity index is 1.44. The van der Waals surface area contributed by atoms with Gasteiger partial charge in [0, 0.05) is 6.04 Å². The molecule has 1 saturated heterocycles. The minimum atomic E-state index is 0.797. The van der Waals surface area contributed by atoms with Gasteiger partial charge < -0.3 is 5.32 Å². The lowest BCUT2D eigenvalue weighted by molar-refractivity contribution is -0.0184. The smallest absolute Gasteiger partial charge is 0.0124 e. The molecular weight excluding hydrogens is 190 g/mol. The lowest BCUT2D eigenvalue weighted by Crippen LogP contribution is -2.57. The molecule has 0 amide bonds. The quantitative estimate of drug-likeness (QED) is 0.770. The highest BCUT2D eigenvalue weighted by Gasteiger charge is 2.50. The molecule has 1 N–H and O–H groups in total. The highest BCUT2D eigenvalue weighted by Crippen LogP contribution is 2.55. The lowest BCUT2D eigenvalue weighted by Gasteiger charge is -2.56. The van der Waals surface area contributed by atoms with Crippen LogP contribution in [0.1, 0.15) is 38.5 Å². The summed E-state index contributed by atoms with van der Waals surface area (Å²) in [6.07, 6.45) is 8.97. The molecule has 2 saturated carbocycles. The standard InChI is InChI=1S/C12H21NS/c1-4-12(5-1)6-2-11(12)13-8-10-3-7-14-9-10/h10-11,13H,1-9H2. The average Bonchev–Trinajstić information content (AvgIpc) is 2.52. The van der Waals surface area contributed by atoms with Crippen molar-refractivity contribution in [2.45, 2.75) is 44.6 Å². The zero-order chi connectivity index (χ0) is 9.43. The third-order valence-electron chi connectivity index (χ3n) is 4.70. The van der Waals surface area contributed by atoms with Crippen molar-refractivity contribution in [3.8, 4) is 0 Å². The summed E-state index contributed by atoms with van der Waals surface area (Å²) < 4.78 is 0. The zero-order valence-electron chi connectivity index (χ0n) is 8.93. The van der Waals surface area contributed by atoms with Crippen molar-refractivity contribution in [1.29, 1.82) is 0 Å². The number of nitrogens with one attached hydrogen (secondary N) is 1. The largest absolute Gasteiger partial charge is 0.313 e. The van der Waals surface area contributed by atoms with Crippen LogP contribution >= 0.6 is 11.8 Å². The summed E-state index contributed by atoms with van der Waals surface area (Å²) in [5, 5.41) is 3.84. The summed E-state index contributed by atoms with van der Waals surface area (Å²) in [5.41, 5.74) is 0.797. The maximum absolute atomic E-state index is 3.84. The van der Waals surface area contributed by atoms with Crippen LogP contribution in [0.15, 0.2) is 0 Å². The van der Waals surface area contributed by atoms with Gasteiger partial charge in [-0.3, -0.25) is 0 Å². The average molecular weight is 211 g/mol. The fourth-order valence-corrected chi connectivity index (χ4v) is 4.58. The predicted molar refractivity (Wildman–Crippen MR) is 62.7 cm³/mol. The first kappa shape index (κ1) is 9.53. The van der Waals surface area contributed by atoms with Gasteiger partial charge in [0.05, 0.1) is 0 Å². The predicted octanol–water partition coefficient (Wildman–Crippen LogP) is 2.66. The topological polar surface area (TPSA) is 12.0 Å². The number of thioether (sulfide) groups is 1. The van der Waals surface area contributed by atoms with Crippen LogP contribution in [-0.2, 0) is 0 Å². The van der Waals surface area contributed by atoms with E-state index in [1.54, 1.807) is 0 Å². The minimum absolute atomic E-state index is 0.797. The number of hydrogen-bond acceptors (Lipinski definition) is 2.